The van der Waals surface area contributed by atoms with Crippen LogP contribution in [0.1, 0.15) is 22.8 Å². The number of benzene rings is 1. The zero-order valence-corrected chi connectivity index (χ0v) is 19.9. The highest BCUT2D eigenvalue weighted by atomic mass is 19.4. The minimum atomic E-state index is -5.40. The van der Waals surface area contributed by atoms with Crippen molar-refractivity contribution in [3.8, 4) is 11.3 Å². The van der Waals surface area contributed by atoms with Gasteiger partial charge in [-0.05, 0) is 25.1 Å². The van der Waals surface area contributed by atoms with E-state index in [1.54, 1.807) is 0 Å². The van der Waals surface area contributed by atoms with Crippen LogP contribution in [0.25, 0.3) is 16.8 Å². The van der Waals surface area contributed by atoms with Gasteiger partial charge < -0.3 is 21.1 Å². The first kappa shape index (κ1) is 28.9. The number of halogens is 9. The molecule has 0 aliphatic carbocycles. The highest BCUT2D eigenvalue weighted by molar-refractivity contribution is 5.96. The molecule has 0 radical (unpaired) electrons. The van der Waals surface area contributed by atoms with Gasteiger partial charge in [0.1, 0.15) is 18.0 Å². The van der Waals surface area contributed by atoms with E-state index < -0.39 is 100 Å². The molecule has 216 valence electrons. The molecule has 3 heterocycles. The normalized spacial score (nSPS) is 19.6. The molecule has 3 atom stereocenters. The number of nitrogens with zero attached hydrogens (tertiary/aromatic N) is 4. The fraction of sp³-hybridized carbons (Fsp3) is 0.364. The molecule has 1 aliphatic rings. The van der Waals surface area contributed by atoms with Gasteiger partial charge in [-0.25, -0.2) is 22.7 Å². The van der Waals surface area contributed by atoms with Crippen molar-refractivity contribution < 1.29 is 54.2 Å². The third-order valence-corrected chi connectivity index (χ3v) is 6.28. The Balaban J connectivity index is 1.66. The lowest BCUT2D eigenvalue weighted by molar-refractivity contribution is -0.249. The SMILES string of the molecule is C[C@@](O)(C(=O)N1C[C@H](F)[C@H](NC(=O)c2cc(-c3cc(C(F)(F)F)c4c(N)ncnn34)cc(F)c2F)C1)C(F)(F)F. The number of nitrogen functional groups attached to an aromatic ring is 1. The van der Waals surface area contributed by atoms with Gasteiger partial charge >= 0.3 is 12.4 Å². The summed E-state index contributed by atoms with van der Waals surface area (Å²) in [6.45, 7) is -1.67. The number of nitrogens with two attached hydrogens (primary N) is 1. The van der Waals surface area contributed by atoms with Crippen molar-refractivity contribution in [1.29, 1.82) is 0 Å². The number of likely N-dealkylation sites (tertiary alicyclic amines) is 1. The topological polar surface area (TPSA) is 126 Å². The summed E-state index contributed by atoms with van der Waals surface area (Å²) in [5, 5.41) is 15.1. The number of hydrogen-bond donors (Lipinski definition) is 3. The van der Waals surface area contributed by atoms with Gasteiger partial charge in [0.2, 0.25) is 5.60 Å². The van der Waals surface area contributed by atoms with Gasteiger partial charge in [0.05, 0.1) is 29.4 Å². The molecule has 2 aromatic heterocycles. The lowest BCUT2D eigenvalue weighted by Crippen LogP contribution is -2.56. The fourth-order valence-corrected chi connectivity index (χ4v) is 4.13. The van der Waals surface area contributed by atoms with Crippen LogP contribution in [0.5, 0.6) is 0 Å². The minimum absolute atomic E-state index is 0.159. The van der Waals surface area contributed by atoms with Crippen LogP contribution in [0, 0.1) is 11.6 Å². The number of alkyl halides is 7. The quantitative estimate of drug-likeness (QED) is 0.405. The van der Waals surface area contributed by atoms with Crippen molar-refractivity contribution in [2.45, 2.75) is 37.1 Å². The second-order valence-electron chi connectivity index (χ2n) is 9.04. The van der Waals surface area contributed by atoms with E-state index in [4.69, 9.17) is 5.73 Å². The number of rotatable bonds is 4. The number of aromatic nitrogens is 3. The highest BCUT2D eigenvalue weighted by Crippen LogP contribution is 2.39. The summed E-state index contributed by atoms with van der Waals surface area (Å²) in [7, 11) is 0. The number of nitrogens with one attached hydrogen (secondary N) is 1. The highest BCUT2D eigenvalue weighted by Gasteiger charge is 2.58. The summed E-state index contributed by atoms with van der Waals surface area (Å²) in [6, 6.07) is -0.0723. The van der Waals surface area contributed by atoms with Crippen molar-refractivity contribution in [1.82, 2.24) is 24.8 Å². The molecular weight excluding hydrogens is 567 g/mol. The molecule has 0 saturated carbocycles. The molecule has 9 nitrogen and oxygen atoms in total. The Morgan fingerprint density at radius 3 is 2.35 bits per heavy atom. The van der Waals surface area contributed by atoms with Gasteiger partial charge in [-0.2, -0.15) is 31.4 Å². The molecule has 1 saturated heterocycles. The van der Waals surface area contributed by atoms with E-state index in [-0.39, 0.29) is 6.92 Å². The smallest absolute Gasteiger partial charge is 0.382 e. The first-order chi connectivity index (χ1) is 18.3. The average molecular weight is 584 g/mol. The van der Waals surface area contributed by atoms with Gasteiger partial charge in [0.25, 0.3) is 11.8 Å². The van der Waals surface area contributed by atoms with E-state index >= 15 is 0 Å². The molecule has 1 fully saturated rings. The molecule has 0 spiro atoms. The van der Waals surface area contributed by atoms with Crippen molar-refractivity contribution in [2.24, 2.45) is 0 Å². The zero-order chi connectivity index (χ0) is 29.9. The summed E-state index contributed by atoms with van der Waals surface area (Å²) < 4.78 is 124. The van der Waals surface area contributed by atoms with E-state index in [9.17, 15) is 54.2 Å². The van der Waals surface area contributed by atoms with E-state index in [1.165, 1.54) is 0 Å². The Labute approximate surface area is 217 Å². The maximum atomic E-state index is 14.6. The molecular formula is C22H17F9N6O3. The monoisotopic (exact) mass is 584 g/mol. The van der Waals surface area contributed by atoms with Crippen LogP contribution in [0.4, 0.5) is 45.3 Å². The molecule has 1 aliphatic heterocycles. The fourth-order valence-electron chi connectivity index (χ4n) is 4.13. The van der Waals surface area contributed by atoms with Gasteiger partial charge in [0, 0.05) is 12.1 Å². The van der Waals surface area contributed by atoms with E-state index in [1.807, 2.05) is 5.32 Å². The van der Waals surface area contributed by atoms with Crippen molar-refractivity contribution in [3.05, 3.63) is 47.3 Å². The second-order valence-corrected chi connectivity index (χ2v) is 9.04. The number of carbonyl (C=O) groups excluding carboxylic acids is 2. The summed E-state index contributed by atoms with van der Waals surface area (Å²) in [6.07, 6.45) is -11.7. The summed E-state index contributed by atoms with van der Waals surface area (Å²) in [5.74, 6) is -7.44. The Morgan fingerprint density at radius 2 is 1.75 bits per heavy atom. The van der Waals surface area contributed by atoms with E-state index in [0.717, 1.165) is 6.33 Å². The molecule has 3 aromatic rings. The third kappa shape index (κ3) is 4.86. The Hall–Kier alpha value is -4.09. The van der Waals surface area contributed by atoms with E-state index in [2.05, 4.69) is 10.1 Å². The van der Waals surface area contributed by atoms with Crippen LogP contribution in [0.2, 0.25) is 0 Å². The maximum Gasteiger partial charge on any atom is 0.426 e. The van der Waals surface area contributed by atoms with Gasteiger partial charge in [0.15, 0.2) is 17.5 Å². The molecule has 0 bridgehead atoms. The number of aliphatic hydroxyl groups is 1. The van der Waals surface area contributed by atoms with Crippen LogP contribution in [0.15, 0.2) is 24.5 Å². The van der Waals surface area contributed by atoms with Crippen LogP contribution >= 0.6 is 0 Å². The number of hydrogen-bond acceptors (Lipinski definition) is 6. The first-order valence-corrected chi connectivity index (χ1v) is 11.1. The van der Waals surface area contributed by atoms with Crippen LogP contribution in [0.3, 0.4) is 0 Å². The van der Waals surface area contributed by atoms with Crippen molar-refractivity contribution >= 4 is 23.1 Å². The average Bonchev–Trinajstić information content (AvgIpc) is 3.41. The Morgan fingerprint density at radius 1 is 1.10 bits per heavy atom. The van der Waals surface area contributed by atoms with Gasteiger partial charge in [-0.15, -0.1) is 0 Å². The number of anilines is 1. The summed E-state index contributed by atoms with van der Waals surface area (Å²) in [4.78, 5) is 28.7. The zero-order valence-electron chi connectivity index (χ0n) is 19.9. The lowest BCUT2D eigenvalue weighted by Gasteiger charge is -2.29. The standard InChI is InChI=1S/C22H17F9N6O3/c1-20(40,22(29,30)31)19(39)36-5-12(24)13(6-36)35-18(38)9-2-8(3-11(23)15(9)25)14-4-10(21(26,27)28)16-17(32)33-7-34-37(14)16/h2-4,7,12-13,40H,5-6H2,1H3,(H,35,38)(H2,32,33,34)/t12-,13+,20+/m0/s1. The number of carbonyl (C=O) groups is 2. The lowest BCUT2D eigenvalue weighted by atomic mass is 10.0. The predicted octanol–water partition coefficient (Wildman–Crippen LogP) is 2.87. The summed E-state index contributed by atoms with van der Waals surface area (Å²) >= 11 is 0. The number of fused-ring (bicyclic) bond motifs is 1. The Bertz CT molecular complexity index is 1500. The molecule has 4 N–H and O–H groups in total. The van der Waals surface area contributed by atoms with Crippen molar-refractivity contribution in [2.75, 3.05) is 18.8 Å². The van der Waals surface area contributed by atoms with Gasteiger partial charge in [-0.3, -0.25) is 9.59 Å². The maximum absolute atomic E-state index is 14.6. The Kier molecular flexibility index (Phi) is 6.89. The molecule has 0 unspecified atom stereocenters. The predicted molar refractivity (Wildman–Crippen MR) is 117 cm³/mol. The molecule has 1 aromatic carbocycles. The van der Waals surface area contributed by atoms with Crippen LogP contribution < -0.4 is 11.1 Å². The molecule has 4 rings (SSSR count). The third-order valence-electron chi connectivity index (χ3n) is 6.28. The molecule has 2 amide bonds. The molecule has 40 heavy (non-hydrogen) atoms. The number of amides is 2. The van der Waals surface area contributed by atoms with E-state index in [0.29, 0.717) is 27.6 Å². The second kappa shape index (κ2) is 9.53. The van der Waals surface area contributed by atoms with Crippen LogP contribution in [-0.2, 0) is 11.0 Å². The van der Waals surface area contributed by atoms with Crippen molar-refractivity contribution in [3.63, 3.8) is 0 Å². The molecule has 18 heteroatoms. The van der Waals surface area contributed by atoms with Crippen LogP contribution in [-0.4, -0.2) is 73.5 Å². The first-order valence-electron chi connectivity index (χ1n) is 11.1. The largest absolute Gasteiger partial charge is 0.426 e. The van der Waals surface area contributed by atoms with Gasteiger partial charge in [-0.1, -0.05) is 0 Å². The summed E-state index contributed by atoms with van der Waals surface area (Å²) in [5.41, 5.74) is -2.38. The minimum Gasteiger partial charge on any atom is -0.382 e.